The molecule has 0 saturated heterocycles. The van der Waals surface area contributed by atoms with Crippen LogP contribution in [0.2, 0.25) is 0 Å². The van der Waals surface area contributed by atoms with Gasteiger partial charge in [0.1, 0.15) is 6.10 Å². The molecule has 2 aromatic rings. The number of hydrogen-bond acceptors (Lipinski definition) is 10. The summed E-state index contributed by atoms with van der Waals surface area (Å²) in [5, 5.41) is 16.5. The van der Waals surface area contributed by atoms with Crippen molar-refractivity contribution < 1.29 is 32.6 Å². The molecule has 1 aromatic carbocycles. The van der Waals surface area contributed by atoms with Gasteiger partial charge in [0.05, 0.1) is 29.1 Å². The zero-order chi connectivity index (χ0) is 26.8. The Hall–Kier alpha value is -2.42. The number of methoxy groups -OCH3 is 1. The molecular formula is C24H34N4O7S2. The molecule has 13 heteroatoms. The van der Waals surface area contributed by atoms with Crippen LogP contribution in [0.1, 0.15) is 43.6 Å². The Labute approximate surface area is 221 Å². The molecule has 204 valence electrons. The lowest BCUT2D eigenvalue weighted by atomic mass is 10.1. The topological polar surface area (TPSA) is 140 Å². The Morgan fingerprint density at radius 2 is 1.97 bits per heavy atom. The quantitative estimate of drug-likeness (QED) is 0.268. The number of ether oxygens (including phenoxy) is 2. The number of carbonyl (C=O) groups excluding carboxylic acids is 1. The molecule has 1 aromatic heterocycles. The first-order chi connectivity index (χ1) is 17.8. The molecule has 37 heavy (non-hydrogen) atoms. The smallest absolute Gasteiger partial charge is 0.280 e. The van der Waals surface area contributed by atoms with E-state index in [0.29, 0.717) is 30.3 Å². The summed E-state index contributed by atoms with van der Waals surface area (Å²) in [5.74, 6) is -0.538. The van der Waals surface area contributed by atoms with Gasteiger partial charge >= 0.3 is 0 Å². The molecule has 1 aliphatic carbocycles. The summed E-state index contributed by atoms with van der Waals surface area (Å²) in [6, 6.07) is 5.84. The summed E-state index contributed by atoms with van der Waals surface area (Å²) in [6.07, 6.45) is 3.81. The van der Waals surface area contributed by atoms with Crippen molar-refractivity contribution in [3.05, 3.63) is 40.9 Å². The number of anilines is 1. The first-order valence-corrected chi connectivity index (χ1v) is 14.4. The van der Waals surface area contributed by atoms with E-state index in [9.17, 15) is 18.3 Å². The third-order valence-corrected chi connectivity index (χ3v) is 8.65. The van der Waals surface area contributed by atoms with Crippen LogP contribution in [-0.2, 0) is 35.7 Å². The Morgan fingerprint density at radius 1 is 1.24 bits per heavy atom. The summed E-state index contributed by atoms with van der Waals surface area (Å²) in [7, 11) is -2.22. The van der Waals surface area contributed by atoms with Crippen LogP contribution in [0.4, 0.5) is 5.13 Å². The molecule has 1 amide bonds. The lowest BCUT2D eigenvalue weighted by Crippen LogP contribution is -2.33. The SMILES string of the molecule is CCO[C@@H]1CC[C@@H](O/N=C(/C(=O)Nc2ncc(COC)s2)c2ccc(S(=O)(=O)N(CC)CCO)cc2)C1. The molecule has 2 N–H and O–H groups in total. The Kier molecular flexibility index (Phi) is 11.0. The molecule has 0 spiro atoms. The Bertz CT molecular complexity index is 1150. The first kappa shape index (κ1) is 29.1. The number of hydrogen-bond donors (Lipinski definition) is 2. The average Bonchev–Trinajstić information content (AvgIpc) is 3.52. The van der Waals surface area contributed by atoms with Crippen LogP contribution in [0.15, 0.2) is 40.5 Å². The van der Waals surface area contributed by atoms with Crippen molar-refractivity contribution in [2.45, 2.75) is 56.8 Å². The first-order valence-electron chi connectivity index (χ1n) is 12.1. The fourth-order valence-corrected chi connectivity index (χ4v) is 6.18. The lowest BCUT2D eigenvalue weighted by molar-refractivity contribution is -0.110. The number of aliphatic hydroxyl groups is 1. The molecule has 1 aliphatic rings. The summed E-state index contributed by atoms with van der Waals surface area (Å²) < 4.78 is 37.7. The van der Waals surface area contributed by atoms with Gasteiger partial charge in [-0.15, -0.1) is 0 Å². The van der Waals surface area contributed by atoms with E-state index >= 15 is 0 Å². The van der Waals surface area contributed by atoms with Gasteiger partial charge in [-0.2, -0.15) is 4.31 Å². The molecule has 0 bridgehead atoms. The summed E-state index contributed by atoms with van der Waals surface area (Å²) in [6.45, 7) is 4.57. The van der Waals surface area contributed by atoms with Gasteiger partial charge in [0.15, 0.2) is 10.8 Å². The van der Waals surface area contributed by atoms with Crippen LogP contribution in [0.25, 0.3) is 0 Å². The van der Waals surface area contributed by atoms with E-state index in [1.54, 1.807) is 20.2 Å². The number of sulfonamides is 1. The highest BCUT2D eigenvalue weighted by Gasteiger charge is 2.28. The maximum Gasteiger partial charge on any atom is 0.280 e. The number of nitrogens with zero attached hydrogens (tertiary/aromatic N) is 3. The number of benzene rings is 1. The predicted molar refractivity (Wildman–Crippen MR) is 140 cm³/mol. The maximum absolute atomic E-state index is 13.2. The summed E-state index contributed by atoms with van der Waals surface area (Å²) in [5.41, 5.74) is 0.379. The van der Waals surface area contributed by atoms with Gasteiger partial charge < -0.3 is 19.4 Å². The standard InChI is InChI=1S/C24H34N4O7S2/c1-4-28(12-13-29)37(31,32)21-10-6-17(7-11-21)22(27-35-19-9-8-18(14-19)34-5-2)23(30)26-24-25-15-20(36-24)16-33-3/h6-7,10-11,15,18-19,29H,4-5,8-9,12-14,16H2,1-3H3,(H,25,26,30)/b27-22+/t18-,19-/m1/s1. The molecule has 1 saturated carbocycles. The zero-order valence-electron chi connectivity index (χ0n) is 21.3. The van der Waals surface area contributed by atoms with E-state index in [1.165, 1.54) is 39.9 Å². The molecule has 1 fully saturated rings. The van der Waals surface area contributed by atoms with E-state index in [0.717, 1.165) is 17.7 Å². The van der Waals surface area contributed by atoms with Crippen LogP contribution >= 0.6 is 11.3 Å². The van der Waals surface area contributed by atoms with E-state index < -0.39 is 15.9 Å². The van der Waals surface area contributed by atoms with Gasteiger partial charge in [0.2, 0.25) is 10.0 Å². The molecule has 0 radical (unpaired) electrons. The van der Waals surface area contributed by atoms with Gasteiger partial charge in [-0.1, -0.05) is 35.5 Å². The molecule has 0 aliphatic heterocycles. The van der Waals surface area contributed by atoms with Crippen LogP contribution in [-0.4, -0.2) is 80.1 Å². The number of oxime groups is 1. The van der Waals surface area contributed by atoms with Gasteiger partial charge in [-0.3, -0.25) is 10.1 Å². The third-order valence-electron chi connectivity index (χ3n) is 5.78. The van der Waals surface area contributed by atoms with Crippen molar-refractivity contribution >= 4 is 38.1 Å². The van der Waals surface area contributed by atoms with E-state index in [-0.39, 0.29) is 42.5 Å². The highest BCUT2D eigenvalue weighted by molar-refractivity contribution is 7.89. The van der Waals surface area contributed by atoms with Crippen molar-refractivity contribution in [2.75, 3.05) is 38.7 Å². The Balaban J connectivity index is 1.84. The highest BCUT2D eigenvalue weighted by atomic mass is 32.2. The molecule has 2 atom stereocenters. The van der Waals surface area contributed by atoms with Gasteiger partial charge in [0, 0.05) is 45.0 Å². The number of nitrogens with one attached hydrogen (secondary N) is 1. The number of thiazole rings is 1. The normalized spacial score (nSPS) is 18.4. The lowest BCUT2D eigenvalue weighted by Gasteiger charge is -2.19. The van der Waals surface area contributed by atoms with Crippen molar-refractivity contribution in [3.63, 3.8) is 0 Å². The third kappa shape index (κ3) is 7.79. The minimum absolute atomic E-state index is 0.00462. The van der Waals surface area contributed by atoms with Gasteiger partial charge in [-0.05, 0) is 31.9 Å². The van der Waals surface area contributed by atoms with Crippen LogP contribution in [0.5, 0.6) is 0 Å². The van der Waals surface area contributed by atoms with Crippen molar-refractivity contribution in [1.82, 2.24) is 9.29 Å². The van der Waals surface area contributed by atoms with E-state index in [4.69, 9.17) is 14.3 Å². The van der Waals surface area contributed by atoms with Crippen LogP contribution < -0.4 is 5.32 Å². The fourth-order valence-electron chi connectivity index (χ4n) is 3.96. The number of amides is 1. The minimum Gasteiger partial charge on any atom is -0.395 e. The van der Waals surface area contributed by atoms with E-state index in [2.05, 4.69) is 15.5 Å². The molecule has 3 rings (SSSR count). The van der Waals surface area contributed by atoms with E-state index in [1.807, 2.05) is 6.92 Å². The number of likely N-dealkylation sites (N-methyl/N-ethyl adjacent to an activating group) is 1. The van der Waals surface area contributed by atoms with Crippen LogP contribution in [0, 0.1) is 0 Å². The highest BCUT2D eigenvalue weighted by Crippen LogP contribution is 2.25. The van der Waals surface area contributed by atoms with Crippen molar-refractivity contribution in [1.29, 1.82) is 0 Å². The maximum atomic E-state index is 13.2. The minimum atomic E-state index is -3.80. The molecular weight excluding hydrogens is 520 g/mol. The van der Waals surface area contributed by atoms with Crippen LogP contribution in [0.3, 0.4) is 0 Å². The molecule has 11 nitrogen and oxygen atoms in total. The van der Waals surface area contributed by atoms with Gasteiger partial charge in [-0.25, -0.2) is 13.4 Å². The number of carbonyl (C=O) groups is 1. The molecule has 0 unspecified atom stereocenters. The monoisotopic (exact) mass is 554 g/mol. The number of rotatable bonds is 14. The Morgan fingerprint density at radius 3 is 2.62 bits per heavy atom. The largest absolute Gasteiger partial charge is 0.395 e. The van der Waals surface area contributed by atoms with Crippen molar-refractivity contribution in [3.8, 4) is 0 Å². The van der Waals surface area contributed by atoms with Gasteiger partial charge in [0.25, 0.3) is 5.91 Å². The van der Waals surface area contributed by atoms with Crippen molar-refractivity contribution in [2.24, 2.45) is 5.16 Å². The number of aliphatic hydroxyl groups excluding tert-OH is 1. The fraction of sp³-hybridized carbons (Fsp3) is 0.542. The second kappa shape index (κ2) is 13.9. The average molecular weight is 555 g/mol. The second-order valence-corrected chi connectivity index (χ2v) is 11.4. The second-order valence-electron chi connectivity index (χ2n) is 8.32. The molecule has 1 heterocycles. The summed E-state index contributed by atoms with van der Waals surface area (Å²) >= 11 is 1.28. The predicted octanol–water partition coefficient (Wildman–Crippen LogP) is 2.61. The zero-order valence-corrected chi connectivity index (χ0v) is 22.9. The summed E-state index contributed by atoms with van der Waals surface area (Å²) in [4.78, 5) is 24.0. The number of aromatic nitrogens is 1.